The van der Waals surface area contributed by atoms with Crippen LogP contribution in [-0.4, -0.2) is 49.3 Å². The van der Waals surface area contributed by atoms with Gasteiger partial charge in [0.15, 0.2) is 6.10 Å². The van der Waals surface area contributed by atoms with Crippen molar-refractivity contribution < 1.29 is 37.6 Å². The van der Waals surface area contributed by atoms with E-state index in [1.807, 2.05) is 0 Å². The van der Waals surface area contributed by atoms with Crippen LogP contribution in [0.15, 0.2) is 48.6 Å². The summed E-state index contributed by atoms with van der Waals surface area (Å²) >= 11 is 0. The van der Waals surface area contributed by atoms with E-state index in [1.165, 1.54) is 141 Å². The maximum Gasteiger partial charge on any atom is 0.472 e. The first-order valence-corrected chi connectivity index (χ1v) is 27.1. The monoisotopic (exact) mass is 894 g/mol. The van der Waals surface area contributed by atoms with Gasteiger partial charge in [-0.25, -0.2) is 4.57 Å². The number of phosphoric ester groups is 1. The lowest BCUT2D eigenvalue weighted by atomic mass is 10.0. The van der Waals surface area contributed by atoms with Crippen molar-refractivity contribution in [3.05, 3.63) is 48.6 Å². The summed E-state index contributed by atoms with van der Waals surface area (Å²) in [4.78, 5) is 35.0. The van der Waals surface area contributed by atoms with Crippen LogP contribution < -0.4 is 5.73 Å². The second kappa shape index (κ2) is 48.4. The van der Waals surface area contributed by atoms with E-state index in [-0.39, 0.29) is 38.6 Å². The van der Waals surface area contributed by atoms with Crippen molar-refractivity contribution in [3.63, 3.8) is 0 Å². The summed E-state index contributed by atoms with van der Waals surface area (Å²) in [5.74, 6) is -0.834. The molecule has 0 bridgehead atoms. The predicted octanol–water partition coefficient (Wildman–Crippen LogP) is 15.5. The standard InChI is InChI=1S/C52H96NO8P/c1-3-5-7-9-11-13-15-17-19-21-23-24-25-26-27-29-31-33-35-37-39-41-43-45-52(55)61-50(49-60-62(56,57)59-47-46-53)48-58-51(54)44-42-40-38-36-34-32-30-28-22-20-18-16-14-12-10-8-6-4-2/h14-17,20-23,50H,3-13,18-19,24-49,53H2,1-2H3,(H,56,57)/b16-14-,17-15-,22-20-,23-21-. The number of esters is 2. The van der Waals surface area contributed by atoms with Gasteiger partial charge >= 0.3 is 19.8 Å². The van der Waals surface area contributed by atoms with Crippen molar-refractivity contribution in [2.45, 2.75) is 245 Å². The van der Waals surface area contributed by atoms with Crippen LogP contribution in [0, 0.1) is 0 Å². The maximum atomic E-state index is 12.7. The summed E-state index contributed by atoms with van der Waals surface area (Å²) in [5.41, 5.74) is 5.37. The van der Waals surface area contributed by atoms with Crippen LogP contribution in [0.1, 0.15) is 239 Å². The molecule has 0 rings (SSSR count). The Labute approximate surface area is 381 Å². The quantitative estimate of drug-likeness (QED) is 0.0265. The smallest absolute Gasteiger partial charge is 0.462 e. The van der Waals surface area contributed by atoms with Crippen molar-refractivity contribution in [1.82, 2.24) is 0 Å². The molecule has 10 heteroatoms. The van der Waals surface area contributed by atoms with E-state index >= 15 is 0 Å². The summed E-state index contributed by atoms with van der Waals surface area (Å²) in [6.45, 7) is 3.72. The molecule has 2 atom stereocenters. The number of carbonyl (C=O) groups is 2. The van der Waals surface area contributed by atoms with Crippen LogP contribution in [0.3, 0.4) is 0 Å². The second-order valence-corrected chi connectivity index (χ2v) is 18.5. The Morgan fingerprint density at radius 2 is 0.839 bits per heavy atom. The van der Waals surface area contributed by atoms with E-state index in [0.717, 1.165) is 64.2 Å². The topological polar surface area (TPSA) is 134 Å². The van der Waals surface area contributed by atoms with Crippen LogP contribution in [-0.2, 0) is 32.7 Å². The third-order valence-electron chi connectivity index (χ3n) is 10.9. The minimum atomic E-state index is -4.39. The Kier molecular flexibility index (Phi) is 46.8. The van der Waals surface area contributed by atoms with Gasteiger partial charge in [-0.05, 0) is 77.0 Å². The second-order valence-electron chi connectivity index (χ2n) is 17.0. The molecule has 0 aliphatic carbocycles. The zero-order chi connectivity index (χ0) is 45.3. The molecule has 62 heavy (non-hydrogen) atoms. The predicted molar refractivity (Wildman–Crippen MR) is 261 cm³/mol. The molecular formula is C52H96NO8P. The molecule has 3 N–H and O–H groups in total. The number of carbonyl (C=O) groups excluding carboxylic acids is 2. The highest BCUT2D eigenvalue weighted by atomic mass is 31.2. The van der Waals surface area contributed by atoms with E-state index in [9.17, 15) is 19.0 Å². The average molecular weight is 894 g/mol. The van der Waals surface area contributed by atoms with Gasteiger partial charge in [-0.2, -0.15) is 0 Å². The fraction of sp³-hybridized carbons (Fsp3) is 0.808. The minimum Gasteiger partial charge on any atom is -0.462 e. The lowest BCUT2D eigenvalue weighted by Crippen LogP contribution is -2.29. The molecule has 0 aliphatic rings. The van der Waals surface area contributed by atoms with Gasteiger partial charge in [0, 0.05) is 19.4 Å². The molecule has 0 aliphatic heterocycles. The Bertz CT molecular complexity index is 1160. The highest BCUT2D eigenvalue weighted by molar-refractivity contribution is 7.47. The van der Waals surface area contributed by atoms with E-state index in [0.29, 0.717) is 6.42 Å². The molecule has 362 valence electrons. The molecule has 0 aromatic carbocycles. The Morgan fingerprint density at radius 1 is 0.484 bits per heavy atom. The van der Waals surface area contributed by atoms with Gasteiger partial charge in [0.05, 0.1) is 13.2 Å². The minimum absolute atomic E-state index is 0.0510. The van der Waals surface area contributed by atoms with Gasteiger partial charge in [-0.1, -0.05) is 197 Å². The van der Waals surface area contributed by atoms with Crippen LogP contribution >= 0.6 is 7.82 Å². The molecule has 9 nitrogen and oxygen atoms in total. The summed E-state index contributed by atoms with van der Waals surface area (Å²) in [5, 5.41) is 0. The largest absolute Gasteiger partial charge is 0.472 e. The SMILES string of the molecule is CCCCCC/C=C\C/C=C\CCCCCCCCCC(=O)OCC(COP(=O)(O)OCCN)OC(=O)CCCCCCCCCCCCC/C=C\C/C=C\CCCCCCC. The van der Waals surface area contributed by atoms with Gasteiger partial charge in [0.1, 0.15) is 6.61 Å². The number of hydrogen-bond acceptors (Lipinski definition) is 8. The maximum absolute atomic E-state index is 12.7. The number of unbranched alkanes of at least 4 members (excludes halogenated alkanes) is 27. The Hall–Kier alpha value is -2.03. The summed E-state index contributed by atoms with van der Waals surface area (Å²) in [7, 11) is -4.39. The van der Waals surface area contributed by atoms with Crippen LogP contribution in [0.25, 0.3) is 0 Å². The first kappa shape index (κ1) is 60.0. The van der Waals surface area contributed by atoms with Crippen molar-refractivity contribution >= 4 is 19.8 Å². The third kappa shape index (κ3) is 47.4. The summed E-state index contributed by atoms with van der Waals surface area (Å²) in [6.07, 6.45) is 57.1. The molecule has 0 saturated carbocycles. The first-order chi connectivity index (χ1) is 30.3. The van der Waals surface area contributed by atoms with E-state index in [2.05, 4.69) is 62.5 Å². The Morgan fingerprint density at radius 3 is 1.24 bits per heavy atom. The number of allylic oxidation sites excluding steroid dienone is 8. The fourth-order valence-electron chi connectivity index (χ4n) is 7.11. The van der Waals surface area contributed by atoms with Crippen molar-refractivity contribution in [2.75, 3.05) is 26.4 Å². The van der Waals surface area contributed by atoms with E-state index in [1.54, 1.807) is 0 Å². The molecule has 2 unspecified atom stereocenters. The van der Waals surface area contributed by atoms with Gasteiger partial charge < -0.3 is 20.1 Å². The zero-order valence-electron chi connectivity index (χ0n) is 40.1. The van der Waals surface area contributed by atoms with Crippen LogP contribution in [0.5, 0.6) is 0 Å². The first-order valence-electron chi connectivity index (χ1n) is 25.6. The van der Waals surface area contributed by atoms with Gasteiger partial charge in [-0.3, -0.25) is 18.6 Å². The number of nitrogens with two attached hydrogens (primary N) is 1. The average Bonchev–Trinajstić information content (AvgIpc) is 3.26. The van der Waals surface area contributed by atoms with E-state index in [4.69, 9.17) is 24.3 Å². The number of phosphoric acid groups is 1. The molecule has 0 aromatic rings. The van der Waals surface area contributed by atoms with Gasteiger partial charge in [0.25, 0.3) is 0 Å². The lowest BCUT2D eigenvalue weighted by molar-refractivity contribution is -0.161. The highest BCUT2D eigenvalue weighted by Crippen LogP contribution is 2.43. The third-order valence-corrected chi connectivity index (χ3v) is 11.9. The molecule has 0 radical (unpaired) electrons. The molecule has 0 aromatic heterocycles. The van der Waals surface area contributed by atoms with Crippen molar-refractivity contribution in [3.8, 4) is 0 Å². The van der Waals surface area contributed by atoms with Gasteiger partial charge in [0.2, 0.25) is 0 Å². The zero-order valence-corrected chi connectivity index (χ0v) is 41.0. The Balaban J connectivity index is 4.06. The fourth-order valence-corrected chi connectivity index (χ4v) is 7.87. The lowest BCUT2D eigenvalue weighted by Gasteiger charge is -2.19. The number of rotatable bonds is 48. The van der Waals surface area contributed by atoms with Crippen LogP contribution in [0.2, 0.25) is 0 Å². The summed E-state index contributed by atoms with van der Waals surface area (Å²) in [6, 6.07) is 0. The van der Waals surface area contributed by atoms with Gasteiger partial charge in [-0.15, -0.1) is 0 Å². The molecule has 0 saturated heterocycles. The van der Waals surface area contributed by atoms with E-state index < -0.39 is 26.5 Å². The normalized spacial score (nSPS) is 13.5. The number of hydrogen-bond donors (Lipinski definition) is 2. The molecule has 0 heterocycles. The van der Waals surface area contributed by atoms with Crippen molar-refractivity contribution in [2.24, 2.45) is 5.73 Å². The van der Waals surface area contributed by atoms with Crippen LogP contribution in [0.4, 0.5) is 0 Å². The van der Waals surface area contributed by atoms with Crippen molar-refractivity contribution in [1.29, 1.82) is 0 Å². The molecule has 0 fully saturated rings. The molecular weight excluding hydrogens is 798 g/mol. The number of ether oxygens (including phenoxy) is 2. The summed E-state index contributed by atoms with van der Waals surface area (Å²) < 4.78 is 32.9. The highest BCUT2D eigenvalue weighted by Gasteiger charge is 2.26. The molecule has 0 amide bonds. The molecule has 0 spiro atoms.